The molecule has 1 aromatic carbocycles. The van der Waals surface area contributed by atoms with Crippen molar-refractivity contribution >= 4 is 23.6 Å². The summed E-state index contributed by atoms with van der Waals surface area (Å²) < 4.78 is 5.88. The molecule has 7 heteroatoms. The van der Waals surface area contributed by atoms with Crippen molar-refractivity contribution in [2.24, 2.45) is 17.3 Å². The SMILES string of the molecule is CC(C)C1=CN(C2CC(C(=O)O)C2)C(=O)NC1(C)c1ccc(OCC(C)(C)C)c(Cl)c1. The fourth-order valence-electron chi connectivity index (χ4n) is 4.16. The smallest absolute Gasteiger partial charge is 0.322 e. The molecule has 0 saturated heterocycles. The van der Waals surface area contributed by atoms with Crippen LogP contribution in [-0.4, -0.2) is 34.7 Å². The molecule has 170 valence electrons. The lowest BCUT2D eigenvalue weighted by molar-refractivity contribution is -0.146. The first-order chi connectivity index (χ1) is 14.3. The third-order valence-electron chi connectivity index (χ3n) is 6.09. The molecule has 1 aromatic rings. The number of urea groups is 1. The van der Waals surface area contributed by atoms with E-state index in [9.17, 15) is 9.59 Å². The number of aliphatic carboxylic acids is 1. The van der Waals surface area contributed by atoms with Crippen LogP contribution in [0.3, 0.4) is 0 Å². The maximum atomic E-state index is 13.0. The second-order valence-electron chi connectivity index (χ2n) is 10.4. The highest BCUT2D eigenvalue weighted by Gasteiger charge is 2.45. The Morgan fingerprint density at radius 2 is 2.00 bits per heavy atom. The van der Waals surface area contributed by atoms with E-state index in [4.69, 9.17) is 21.4 Å². The average Bonchev–Trinajstić information content (AvgIpc) is 2.59. The molecule has 2 aliphatic rings. The van der Waals surface area contributed by atoms with E-state index in [-0.39, 0.29) is 29.3 Å². The number of carbonyl (C=O) groups excluding carboxylic acids is 1. The van der Waals surface area contributed by atoms with Gasteiger partial charge in [0.15, 0.2) is 0 Å². The predicted molar refractivity (Wildman–Crippen MR) is 121 cm³/mol. The standard InChI is InChI=1S/C24H33ClN2O4/c1-14(2)18-12-27(17-9-15(10-17)21(28)29)22(30)26-24(18,6)16-7-8-20(19(25)11-16)31-13-23(3,4)5/h7-8,11-12,14-15,17H,9-10,13H2,1-6H3,(H,26,30)(H,28,29). The summed E-state index contributed by atoms with van der Waals surface area (Å²) in [6, 6.07) is 5.35. The summed E-state index contributed by atoms with van der Waals surface area (Å²) in [4.78, 5) is 25.8. The van der Waals surface area contributed by atoms with Gasteiger partial charge in [-0.05, 0) is 54.4 Å². The molecule has 6 nitrogen and oxygen atoms in total. The molecule has 0 spiro atoms. The van der Waals surface area contributed by atoms with Gasteiger partial charge in [0.1, 0.15) is 5.75 Å². The number of carbonyl (C=O) groups is 2. The van der Waals surface area contributed by atoms with Gasteiger partial charge in [-0.3, -0.25) is 9.69 Å². The van der Waals surface area contributed by atoms with E-state index in [1.165, 1.54) is 0 Å². The van der Waals surface area contributed by atoms with Gasteiger partial charge in [0.25, 0.3) is 0 Å². The molecule has 1 saturated carbocycles. The van der Waals surface area contributed by atoms with Gasteiger partial charge in [-0.15, -0.1) is 0 Å². The van der Waals surface area contributed by atoms with Crippen LogP contribution in [0, 0.1) is 17.3 Å². The number of carboxylic acids is 1. The molecule has 1 aliphatic heterocycles. The van der Waals surface area contributed by atoms with Crippen molar-refractivity contribution in [1.82, 2.24) is 10.2 Å². The number of hydrogen-bond donors (Lipinski definition) is 2. The number of hydrogen-bond acceptors (Lipinski definition) is 3. The second-order valence-corrected chi connectivity index (χ2v) is 10.8. The minimum atomic E-state index is -0.796. The summed E-state index contributed by atoms with van der Waals surface area (Å²) in [7, 11) is 0. The zero-order valence-electron chi connectivity index (χ0n) is 19.2. The maximum absolute atomic E-state index is 13.0. The second kappa shape index (κ2) is 8.38. The van der Waals surface area contributed by atoms with Crippen molar-refractivity contribution in [2.75, 3.05) is 6.61 Å². The highest BCUT2D eigenvalue weighted by molar-refractivity contribution is 6.32. The van der Waals surface area contributed by atoms with Gasteiger partial charge in [-0.1, -0.05) is 52.3 Å². The van der Waals surface area contributed by atoms with E-state index in [1.807, 2.05) is 31.3 Å². The number of ether oxygens (including phenoxy) is 1. The molecule has 31 heavy (non-hydrogen) atoms. The van der Waals surface area contributed by atoms with Crippen molar-refractivity contribution in [2.45, 2.75) is 66.0 Å². The van der Waals surface area contributed by atoms with E-state index in [1.54, 1.807) is 4.90 Å². The van der Waals surface area contributed by atoms with Crippen LogP contribution in [0.15, 0.2) is 30.0 Å². The zero-order chi connectivity index (χ0) is 23.1. The van der Waals surface area contributed by atoms with Crippen LogP contribution in [0.25, 0.3) is 0 Å². The highest BCUT2D eigenvalue weighted by atomic mass is 35.5. The molecule has 2 amide bonds. The molecule has 1 aliphatic carbocycles. The number of benzene rings is 1. The summed E-state index contributed by atoms with van der Waals surface area (Å²) in [5.41, 5.74) is 1.23. The molecule has 0 aromatic heterocycles. The molecule has 2 N–H and O–H groups in total. The van der Waals surface area contributed by atoms with Crippen LogP contribution in [-0.2, 0) is 10.3 Å². The zero-order valence-corrected chi connectivity index (χ0v) is 19.9. The first-order valence-corrected chi connectivity index (χ1v) is 11.2. The Balaban J connectivity index is 1.88. The number of rotatable bonds is 6. The van der Waals surface area contributed by atoms with Crippen molar-refractivity contribution in [3.05, 3.63) is 40.6 Å². The van der Waals surface area contributed by atoms with Crippen LogP contribution in [0.2, 0.25) is 5.02 Å². The predicted octanol–water partition coefficient (Wildman–Crippen LogP) is 5.41. The molecular formula is C24H33ClN2O4. The first kappa shape index (κ1) is 23.5. The van der Waals surface area contributed by atoms with E-state index >= 15 is 0 Å². The third-order valence-corrected chi connectivity index (χ3v) is 6.39. The summed E-state index contributed by atoms with van der Waals surface area (Å²) in [5, 5.41) is 12.8. The molecule has 1 fully saturated rings. The van der Waals surface area contributed by atoms with Crippen molar-refractivity contribution in [1.29, 1.82) is 0 Å². The van der Waals surface area contributed by atoms with E-state index < -0.39 is 11.5 Å². The minimum absolute atomic E-state index is 0.0174. The topological polar surface area (TPSA) is 78.9 Å². The summed E-state index contributed by atoms with van der Waals surface area (Å²) in [6.45, 7) is 13.0. The lowest BCUT2D eigenvalue weighted by Gasteiger charge is -2.47. The lowest BCUT2D eigenvalue weighted by atomic mass is 9.76. The Kier molecular flexibility index (Phi) is 6.34. The first-order valence-electron chi connectivity index (χ1n) is 10.8. The Bertz CT molecular complexity index is 899. The molecule has 1 atom stereocenters. The minimum Gasteiger partial charge on any atom is -0.491 e. The summed E-state index contributed by atoms with van der Waals surface area (Å²) >= 11 is 6.54. The highest BCUT2D eigenvalue weighted by Crippen LogP contribution is 2.42. The van der Waals surface area contributed by atoms with Crippen LogP contribution in [0.4, 0.5) is 4.79 Å². The Morgan fingerprint density at radius 1 is 1.35 bits per heavy atom. The monoisotopic (exact) mass is 448 g/mol. The normalized spacial score (nSPS) is 26.3. The van der Waals surface area contributed by atoms with E-state index in [0.29, 0.717) is 30.2 Å². The fourth-order valence-corrected chi connectivity index (χ4v) is 4.40. The maximum Gasteiger partial charge on any atom is 0.322 e. The number of nitrogens with one attached hydrogen (secondary N) is 1. The average molecular weight is 449 g/mol. The van der Waals surface area contributed by atoms with Crippen molar-refractivity contribution < 1.29 is 19.4 Å². The quantitative estimate of drug-likeness (QED) is 0.609. The molecule has 1 heterocycles. The van der Waals surface area contributed by atoms with Crippen LogP contribution < -0.4 is 10.1 Å². The number of halogens is 1. The largest absolute Gasteiger partial charge is 0.491 e. The molecule has 1 unspecified atom stereocenters. The van der Waals surface area contributed by atoms with E-state index in [2.05, 4.69) is 39.9 Å². The van der Waals surface area contributed by atoms with Gasteiger partial charge in [0.2, 0.25) is 0 Å². The summed E-state index contributed by atoms with van der Waals surface area (Å²) in [6.07, 6.45) is 2.87. The third kappa shape index (κ3) is 4.84. The van der Waals surface area contributed by atoms with Crippen LogP contribution in [0.1, 0.15) is 59.9 Å². The van der Waals surface area contributed by atoms with Gasteiger partial charge in [-0.25, -0.2) is 4.79 Å². The Hall–Kier alpha value is -2.21. The molecule has 3 rings (SSSR count). The van der Waals surface area contributed by atoms with Crippen molar-refractivity contribution in [3.8, 4) is 5.75 Å². The number of carboxylic acid groups (broad SMARTS) is 1. The summed E-state index contributed by atoms with van der Waals surface area (Å²) in [5.74, 6) is -0.382. The Labute approximate surface area is 189 Å². The number of amides is 2. The molecular weight excluding hydrogens is 416 g/mol. The van der Waals surface area contributed by atoms with Crippen molar-refractivity contribution in [3.63, 3.8) is 0 Å². The van der Waals surface area contributed by atoms with E-state index in [0.717, 1.165) is 11.1 Å². The molecule has 0 bridgehead atoms. The lowest BCUT2D eigenvalue weighted by Crippen LogP contribution is -2.59. The van der Waals surface area contributed by atoms with Gasteiger partial charge in [0.05, 0.1) is 23.1 Å². The molecule has 0 radical (unpaired) electrons. The van der Waals surface area contributed by atoms with Gasteiger partial charge < -0.3 is 15.2 Å². The van der Waals surface area contributed by atoms with Gasteiger partial charge in [-0.2, -0.15) is 0 Å². The van der Waals surface area contributed by atoms with Gasteiger partial charge >= 0.3 is 12.0 Å². The van der Waals surface area contributed by atoms with Crippen LogP contribution >= 0.6 is 11.6 Å². The number of nitrogens with zero attached hydrogens (tertiary/aromatic N) is 1. The van der Waals surface area contributed by atoms with Crippen LogP contribution in [0.5, 0.6) is 5.75 Å². The fraction of sp³-hybridized carbons (Fsp3) is 0.583. The Morgan fingerprint density at radius 3 is 2.52 bits per heavy atom. The van der Waals surface area contributed by atoms with Gasteiger partial charge in [0, 0.05) is 12.2 Å².